The van der Waals surface area contributed by atoms with Gasteiger partial charge in [-0.15, -0.1) is 0 Å². The number of rotatable bonds is 43. The van der Waals surface area contributed by atoms with Crippen molar-refractivity contribution in [3.63, 3.8) is 0 Å². The van der Waals surface area contributed by atoms with Gasteiger partial charge in [0.2, 0.25) is 0 Å². The number of aliphatic hydroxyl groups excluding tert-OH is 1. The Kier molecular flexibility index (Phi) is 67.2. The van der Waals surface area contributed by atoms with E-state index in [-0.39, 0.29) is 23.8 Å². The molecule has 0 atom stereocenters. The maximum atomic E-state index is 11.7. The summed E-state index contributed by atoms with van der Waals surface area (Å²) in [6.07, 6.45) is 13.9. The van der Waals surface area contributed by atoms with E-state index in [9.17, 15) is 9.59 Å². The minimum atomic E-state index is -0.889. The number of aliphatic hydroxyl groups is 1. The highest BCUT2D eigenvalue weighted by molar-refractivity contribution is 9.52. The summed E-state index contributed by atoms with van der Waals surface area (Å²) in [5, 5.41) is 13.9. The molecule has 3 aromatic rings. The van der Waals surface area contributed by atoms with Gasteiger partial charge in [-0.05, 0) is 206 Å². The highest BCUT2D eigenvalue weighted by Gasteiger charge is 2.45. The van der Waals surface area contributed by atoms with Gasteiger partial charge in [0.05, 0.1) is 24.0 Å². The summed E-state index contributed by atoms with van der Waals surface area (Å²) in [5.41, 5.74) is -0.683. The van der Waals surface area contributed by atoms with Gasteiger partial charge < -0.3 is 14.6 Å². The molecule has 0 amide bonds. The van der Waals surface area contributed by atoms with Gasteiger partial charge in [-0.2, -0.15) is 0 Å². The van der Waals surface area contributed by atoms with Crippen LogP contribution in [0, 0.1) is 10.8 Å². The molecule has 3 rings (SSSR count). The maximum Gasteiger partial charge on any atom is 0.311 e. The first-order valence-corrected chi connectivity index (χ1v) is 41.0. The molecule has 0 heterocycles. The fourth-order valence-electron chi connectivity index (χ4n) is 11.3. The number of halogens is 5. The Balaban J connectivity index is -0.00000119. The third-order valence-electron chi connectivity index (χ3n) is 16.8. The van der Waals surface area contributed by atoms with Crippen molar-refractivity contribution in [1.82, 2.24) is 0 Å². The lowest BCUT2D eigenvalue weighted by Crippen LogP contribution is -2.80. The molecule has 0 spiro atoms. The van der Waals surface area contributed by atoms with Crippen molar-refractivity contribution in [2.24, 2.45) is 10.8 Å². The zero-order valence-electron chi connectivity index (χ0n) is 62.0. The van der Waals surface area contributed by atoms with Gasteiger partial charge in [-0.25, -0.2) is 0 Å². The molecule has 477 valence electrons. The Morgan fingerprint density at radius 3 is 0.913 bits per heavy atom. The number of allylic oxidation sites excluding steroid dienone is 4. The van der Waals surface area contributed by atoms with Crippen LogP contribution in [0.3, 0.4) is 0 Å². The van der Waals surface area contributed by atoms with Crippen LogP contribution < -0.4 is 15.9 Å². The molecule has 103 heavy (non-hydrogen) atoms. The zero-order valence-corrected chi connectivity index (χ0v) is 70.9. The van der Waals surface area contributed by atoms with Crippen LogP contribution in [-0.2, 0) is 19.1 Å². The Labute approximate surface area is 707 Å². The SMILES string of the molecule is BrC(Br)(Br)Br.CCOC(=O)C(C)(C)CCCCC/C=C/CCCCBr.CCOC(=O)C(C)(C)CCCCC/C=C/CCCCO.[B]B([B])B([B])B(B(B([B])[B])B([B])[B])B(B([B])[B])B([B])[B].[B][B]B([B])B(B(B([B])[B])B([B])[B])B(B([B])[B])B([B])[B].c1ccc(P(c2ccccc2)c2ccccc2)cc1. The molecule has 0 aliphatic carbocycles. The average molecular weight is 1650 g/mol. The van der Waals surface area contributed by atoms with Crippen LogP contribution in [-0.4, -0.2) is 321 Å². The van der Waals surface area contributed by atoms with Crippen molar-refractivity contribution in [2.75, 3.05) is 25.2 Å². The quantitative estimate of drug-likeness (QED) is 0.0234. The van der Waals surface area contributed by atoms with Gasteiger partial charge in [0, 0.05) is 290 Å². The van der Waals surface area contributed by atoms with Crippen molar-refractivity contribution >= 4 is 394 Å². The number of hydrogen-bond acceptors (Lipinski definition) is 5. The minimum absolute atomic E-state index is 0.0633. The summed E-state index contributed by atoms with van der Waals surface area (Å²) in [6.45, 7) is 12.8. The van der Waals surface area contributed by atoms with Crippen molar-refractivity contribution in [3.05, 3.63) is 115 Å². The third-order valence-corrected chi connectivity index (χ3v) is 19.8. The van der Waals surface area contributed by atoms with Crippen molar-refractivity contribution in [1.29, 1.82) is 0 Å². The van der Waals surface area contributed by atoms with Crippen LogP contribution in [0.4, 0.5) is 0 Å². The van der Waals surface area contributed by atoms with Crippen LogP contribution in [0.15, 0.2) is 115 Å². The normalized spacial score (nSPS) is 10.7. The molecule has 3 aromatic carbocycles. The number of benzene rings is 3. The van der Waals surface area contributed by atoms with Gasteiger partial charge in [0.1, 0.15) is 0 Å². The molecule has 5 nitrogen and oxygen atoms in total. The topological polar surface area (TPSA) is 72.8 Å². The largest absolute Gasteiger partial charge is 0.466 e. The van der Waals surface area contributed by atoms with Crippen molar-refractivity contribution < 1.29 is 24.2 Å². The van der Waals surface area contributed by atoms with E-state index in [2.05, 4.69) is 195 Å². The molecule has 43 radical (unpaired) electrons. The second-order valence-electron chi connectivity index (χ2n) is 26.5. The highest BCUT2D eigenvalue weighted by atomic mass is 80.0. The molecule has 0 fully saturated rings. The number of alkyl halides is 5. The van der Waals surface area contributed by atoms with E-state index in [1.807, 2.05) is 41.5 Å². The number of esters is 2. The van der Waals surface area contributed by atoms with Gasteiger partial charge in [-0.3, -0.25) is 9.59 Å². The predicted octanol–water partition coefficient (Wildman–Crippen LogP) is 1.66. The summed E-state index contributed by atoms with van der Waals surface area (Å²) in [7, 11) is 121. The molecule has 1 N–H and O–H groups in total. The average Bonchev–Trinajstić information content (AvgIpc) is 0.821. The van der Waals surface area contributed by atoms with Gasteiger partial charge in [-0.1, -0.05) is 157 Å². The fraction of sp³-hybridized carbons (Fsp3) is 0.547. The lowest BCUT2D eigenvalue weighted by atomic mass is 8.39. The Morgan fingerprint density at radius 1 is 0.417 bits per heavy atom. The van der Waals surface area contributed by atoms with Crippen LogP contribution >= 0.6 is 87.6 Å². The van der Waals surface area contributed by atoms with E-state index >= 15 is 0 Å². The first-order valence-electron chi connectivity index (χ1n) is 35.4. The monoisotopic (exact) mass is 1650 g/mol. The van der Waals surface area contributed by atoms with E-state index in [1.165, 1.54) is 61.5 Å². The van der Waals surface area contributed by atoms with E-state index < -0.39 is 116 Å². The van der Waals surface area contributed by atoms with Gasteiger partial charge in [0.15, 0.2) is 1.05 Å². The Bertz CT molecular complexity index is 2370. The number of ether oxygens (including phenoxy) is 2. The first kappa shape index (κ1) is 109. The molecular formula is C53H78B39Br5O5P. The number of unbranched alkanes of at least 4 members (excludes halogenated alkanes) is 10. The Hall–Kier alpha value is 1.40. The van der Waals surface area contributed by atoms with Crippen LogP contribution in [0.2, 0.25) is 0 Å². The molecule has 0 aliphatic heterocycles. The molecule has 0 saturated carbocycles. The highest BCUT2D eigenvalue weighted by Crippen LogP contribution is 2.39. The minimum Gasteiger partial charge on any atom is -0.466 e. The number of hydrogen-bond donors (Lipinski definition) is 1. The summed E-state index contributed by atoms with van der Waals surface area (Å²) < 4.78 is 9.93. The summed E-state index contributed by atoms with van der Waals surface area (Å²) in [6, 6.07) is 32.3. The molecule has 0 unspecified atom stereocenters. The summed E-state index contributed by atoms with van der Waals surface area (Å²) >= 11 is 15.9. The first-order chi connectivity index (χ1) is 48.2. The molecule has 0 bridgehead atoms. The van der Waals surface area contributed by atoms with Gasteiger partial charge >= 0.3 is 11.9 Å². The van der Waals surface area contributed by atoms with E-state index in [1.54, 1.807) is 0 Å². The third kappa shape index (κ3) is 51.7. The lowest BCUT2D eigenvalue weighted by molar-refractivity contribution is -0.154. The van der Waals surface area contributed by atoms with Crippen molar-refractivity contribution in [2.45, 2.75) is 145 Å². The van der Waals surface area contributed by atoms with E-state index in [0.29, 0.717) is 19.8 Å². The number of carbonyl (C=O) groups is 2. The van der Waals surface area contributed by atoms with Gasteiger partial charge in [0.25, 0.3) is 0 Å². The second-order valence-corrected chi connectivity index (χ2v) is 40.7. The molecule has 50 heteroatoms. The molecule has 0 saturated heterocycles. The molecule has 0 aliphatic rings. The second kappa shape index (κ2) is 63.8. The van der Waals surface area contributed by atoms with Crippen LogP contribution in [0.5, 0.6) is 0 Å². The van der Waals surface area contributed by atoms with E-state index in [0.717, 1.165) is 69.5 Å². The van der Waals surface area contributed by atoms with Crippen LogP contribution in [0.25, 0.3) is 0 Å². The zero-order chi connectivity index (χ0) is 79.5. The fourth-order valence-corrected chi connectivity index (χ4v) is 14.0. The predicted molar refractivity (Wildman–Crippen MR) is 522 cm³/mol. The standard InChI is InChI=1S/C18H15P.C17H31BrO2.C17H32O3.CBr4.B20.B19/c1-4-10-16(11-5-1)19(17-12-6-2-7-13-17)18-14-8-3-9-15-18;2*1-4-20-16(19)17(2,3)14-12-10-8-6-5-7-9-11-13-15-18;2-1(3,4)5;1-12(2)17(11)20(18(13(3)4)14(5)6)19(15(7)8)16(9)10;1-11-16(10)19(17(12(2)3)13(4)5)18(14(6)7)15(8)9/h1-15H;5,7H,4,6,8-15H2,1-3H3;5,7,18H,4,6,8-15H2,1-3H3;;;/b;2*7-5+;;;. The van der Waals surface area contributed by atoms with Crippen molar-refractivity contribution in [3.8, 4) is 0 Å². The number of carbonyl (C=O) groups excluding carboxylic acids is 2. The smallest absolute Gasteiger partial charge is 0.311 e. The molecular weight excluding hydrogens is 1570 g/mol. The van der Waals surface area contributed by atoms with Crippen LogP contribution in [0.1, 0.15) is 144 Å². The maximum absolute atomic E-state index is 11.7. The lowest BCUT2D eigenvalue weighted by Gasteiger charge is -2.42. The van der Waals surface area contributed by atoms with E-state index in [4.69, 9.17) is 177 Å². The molecule has 0 aromatic heterocycles. The Morgan fingerprint density at radius 2 is 0.680 bits per heavy atom. The summed E-state index contributed by atoms with van der Waals surface area (Å²) in [5.74, 6) is -0.143. The summed E-state index contributed by atoms with van der Waals surface area (Å²) in [4.78, 5) is 23.4.